The summed E-state index contributed by atoms with van der Waals surface area (Å²) in [6.45, 7) is 2.99. The summed E-state index contributed by atoms with van der Waals surface area (Å²) in [6, 6.07) is 4.20. The summed E-state index contributed by atoms with van der Waals surface area (Å²) in [5.74, 6) is 0.660. The van der Waals surface area contributed by atoms with E-state index in [1.807, 2.05) is 19.1 Å². The van der Waals surface area contributed by atoms with Crippen molar-refractivity contribution in [3.05, 3.63) is 22.3 Å². The third-order valence-corrected chi connectivity index (χ3v) is 4.90. The van der Waals surface area contributed by atoms with Crippen molar-refractivity contribution in [1.82, 2.24) is 15.2 Å². The Hall–Kier alpha value is -0.980. The number of carbonyl (C=O) groups excluding carboxylic acids is 1. The standard InChI is InChI=1S/C15H21BrN4O/c1-9-4-5-12(16)18-13(9)19-14(21)10-6-15(8-20(2)3)7-11(15)17-10/h4-5,10-11,17H,6-8H2,1-3H3,(H,18,19,21). The van der Waals surface area contributed by atoms with Crippen LogP contribution < -0.4 is 10.6 Å². The van der Waals surface area contributed by atoms with E-state index in [1.165, 1.54) is 6.42 Å². The van der Waals surface area contributed by atoms with Crippen LogP contribution in [0.25, 0.3) is 0 Å². The van der Waals surface area contributed by atoms with Crippen LogP contribution in [0, 0.1) is 12.3 Å². The molecule has 1 saturated heterocycles. The number of fused-ring (bicyclic) bond motifs is 1. The predicted octanol–water partition coefficient (Wildman–Crippen LogP) is 1.77. The van der Waals surface area contributed by atoms with Gasteiger partial charge in [-0.3, -0.25) is 4.79 Å². The van der Waals surface area contributed by atoms with Crippen molar-refractivity contribution in [1.29, 1.82) is 0 Å². The zero-order valence-corrected chi connectivity index (χ0v) is 14.2. The highest BCUT2D eigenvalue weighted by atomic mass is 79.9. The minimum atomic E-state index is -0.108. The number of aryl methyl sites for hydroxylation is 1. The van der Waals surface area contributed by atoms with E-state index in [0.717, 1.165) is 23.1 Å². The van der Waals surface area contributed by atoms with Gasteiger partial charge in [0, 0.05) is 18.0 Å². The molecule has 3 rings (SSSR count). The summed E-state index contributed by atoms with van der Waals surface area (Å²) in [5, 5.41) is 6.40. The molecule has 1 aromatic heterocycles. The first kappa shape index (κ1) is 14.9. The minimum Gasteiger partial charge on any atom is -0.309 e. The summed E-state index contributed by atoms with van der Waals surface area (Å²) in [4.78, 5) is 19.0. The van der Waals surface area contributed by atoms with Crippen LogP contribution in [0.4, 0.5) is 5.82 Å². The molecule has 3 atom stereocenters. The Labute approximate surface area is 133 Å². The molecule has 1 amide bonds. The molecule has 2 fully saturated rings. The van der Waals surface area contributed by atoms with E-state index in [9.17, 15) is 4.79 Å². The average Bonchev–Trinajstić information content (AvgIpc) is 2.93. The quantitative estimate of drug-likeness (QED) is 0.811. The topological polar surface area (TPSA) is 57.3 Å². The van der Waals surface area contributed by atoms with Crippen LogP contribution in [-0.2, 0) is 4.79 Å². The molecule has 3 unspecified atom stereocenters. The molecule has 2 N–H and O–H groups in total. The second-order valence-electron chi connectivity index (χ2n) is 6.57. The molecule has 2 aliphatic rings. The zero-order chi connectivity index (χ0) is 15.2. The maximum atomic E-state index is 12.4. The fourth-order valence-electron chi connectivity index (χ4n) is 3.39. The van der Waals surface area contributed by atoms with Gasteiger partial charge in [-0.15, -0.1) is 0 Å². The molecule has 5 nitrogen and oxygen atoms in total. The lowest BCUT2D eigenvalue weighted by Gasteiger charge is -2.19. The van der Waals surface area contributed by atoms with Crippen molar-refractivity contribution < 1.29 is 4.79 Å². The van der Waals surface area contributed by atoms with Crippen LogP contribution in [0.2, 0.25) is 0 Å². The number of hydrogen-bond acceptors (Lipinski definition) is 4. The molecule has 21 heavy (non-hydrogen) atoms. The van der Waals surface area contributed by atoms with Crippen molar-refractivity contribution in [2.24, 2.45) is 5.41 Å². The molecule has 0 aromatic carbocycles. The van der Waals surface area contributed by atoms with Crippen LogP contribution in [0.15, 0.2) is 16.7 Å². The van der Waals surface area contributed by atoms with E-state index >= 15 is 0 Å². The minimum absolute atomic E-state index is 0.0223. The summed E-state index contributed by atoms with van der Waals surface area (Å²) in [7, 11) is 4.18. The number of hydrogen-bond donors (Lipinski definition) is 2. The second kappa shape index (κ2) is 5.34. The lowest BCUT2D eigenvalue weighted by atomic mass is 9.99. The summed E-state index contributed by atoms with van der Waals surface area (Å²) in [5.41, 5.74) is 1.27. The molecule has 1 saturated carbocycles. The molecular formula is C15H21BrN4O. The first-order valence-electron chi connectivity index (χ1n) is 7.24. The number of carbonyl (C=O) groups is 1. The number of nitrogens with zero attached hydrogens (tertiary/aromatic N) is 2. The van der Waals surface area contributed by atoms with Gasteiger partial charge in [-0.05, 0) is 61.4 Å². The first-order chi connectivity index (χ1) is 9.89. The fourth-order valence-corrected chi connectivity index (χ4v) is 3.70. The Bertz CT molecular complexity index is 577. The van der Waals surface area contributed by atoms with Crippen molar-refractivity contribution in [2.75, 3.05) is 26.0 Å². The van der Waals surface area contributed by atoms with Gasteiger partial charge < -0.3 is 15.5 Å². The van der Waals surface area contributed by atoms with Gasteiger partial charge in [0.15, 0.2) is 0 Å². The number of nitrogens with one attached hydrogen (secondary N) is 2. The van der Waals surface area contributed by atoms with Crippen molar-refractivity contribution in [3.8, 4) is 0 Å². The molecule has 6 heteroatoms. The summed E-state index contributed by atoms with van der Waals surface area (Å²) < 4.78 is 0.731. The molecule has 1 aliphatic carbocycles. The summed E-state index contributed by atoms with van der Waals surface area (Å²) in [6.07, 6.45) is 2.10. The number of aromatic nitrogens is 1. The molecule has 1 aliphatic heterocycles. The van der Waals surface area contributed by atoms with Gasteiger partial charge in [0.05, 0.1) is 6.04 Å². The highest BCUT2D eigenvalue weighted by Crippen LogP contribution is 2.54. The first-order valence-corrected chi connectivity index (χ1v) is 8.04. The Morgan fingerprint density at radius 3 is 3.00 bits per heavy atom. The lowest BCUT2D eigenvalue weighted by molar-refractivity contribution is -0.118. The fraction of sp³-hybridized carbons (Fsp3) is 0.600. The molecule has 0 bridgehead atoms. The molecule has 1 aromatic rings. The molecule has 2 heterocycles. The third kappa shape index (κ3) is 2.98. The Kier molecular flexibility index (Phi) is 3.80. The normalized spacial score (nSPS) is 30.3. The van der Waals surface area contributed by atoms with Crippen LogP contribution >= 0.6 is 15.9 Å². The van der Waals surface area contributed by atoms with E-state index in [2.05, 4.69) is 50.5 Å². The zero-order valence-electron chi connectivity index (χ0n) is 12.6. The van der Waals surface area contributed by atoms with Gasteiger partial charge in [-0.1, -0.05) is 6.07 Å². The molecule has 0 radical (unpaired) electrons. The van der Waals surface area contributed by atoms with Gasteiger partial charge >= 0.3 is 0 Å². The van der Waals surface area contributed by atoms with Crippen LogP contribution in [0.1, 0.15) is 18.4 Å². The van der Waals surface area contributed by atoms with Crippen molar-refractivity contribution in [3.63, 3.8) is 0 Å². The van der Waals surface area contributed by atoms with E-state index in [0.29, 0.717) is 17.3 Å². The van der Waals surface area contributed by atoms with Gasteiger partial charge in [0.2, 0.25) is 5.91 Å². The Morgan fingerprint density at radius 2 is 2.29 bits per heavy atom. The van der Waals surface area contributed by atoms with Crippen molar-refractivity contribution >= 4 is 27.7 Å². The average molecular weight is 353 g/mol. The molecule has 114 valence electrons. The predicted molar refractivity (Wildman–Crippen MR) is 86.2 cm³/mol. The smallest absolute Gasteiger partial charge is 0.242 e. The van der Waals surface area contributed by atoms with Gasteiger partial charge in [0.25, 0.3) is 0 Å². The van der Waals surface area contributed by atoms with E-state index in [4.69, 9.17) is 0 Å². The number of anilines is 1. The SMILES string of the molecule is Cc1ccc(Br)nc1NC(=O)C1CC2(CN(C)C)CC2N1. The van der Waals surface area contributed by atoms with Crippen molar-refractivity contribution in [2.45, 2.75) is 31.8 Å². The summed E-state index contributed by atoms with van der Waals surface area (Å²) >= 11 is 3.34. The van der Waals surface area contributed by atoms with Crippen LogP contribution in [0.3, 0.4) is 0 Å². The number of amides is 1. The molecular weight excluding hydrogens is 332 g/mol. The second-order valence-corrected chi connectivity index (χ2v) is 7.38. The molecule has 0 spiro atoms. The van der Waals surface area contributed by atoms with E-state index < -0.39 is 0 Å². The van der Waals surface area contributed by atoms with Gasteiger partial charge in [-0.2, -0.15) is 0 Å². The van der Waals surface area contributed by atoms with Gasteiger partial charge in [0.1, 0.15) is 10.4 Å². The largest absolute Gasteiger partial charge is 0.309 e. The number of piperidine rings is 1. The van der Waals surface area contributed by atoms with E-state index in [-0.39, 0.29) is 11.9 Å². The maximum absolute atomic E-state index is 12.4. The van der Waals surface area contributed by atoms with Crippen LogP contribution in [0.5, 0.6) is 0 Å². The van der Waals surface area contributed by atoms with Gasteiger partial charge in [-0.25, -0.2) is 4.98 Å². The lowest BCUT2D eigenvalue weighted by Crippen LogP contribution is -2.38. The monoisotopic (exact) mass is 352 g/mol. The Morgan fingerprint density at radius 1 is 1.52 bits per heavy atom. The number of halogens is 1. The van der Waals surface area contributed by atoms with E-state index in [1.54, 1.807) is 0 Å². The third-order valence-electron chi connectivity index (χ3n) is 4.45. The van der Waals surface area contributed by atoms with Crippen LogP contribution in [-0.4, -0.2) is 48.5 Å². The Balaban J connectivity index is 1.64. The highest BCUT2D eigenvalue weighted by molar-refractivity contribution is 9.10. The number of pyridine rings is 1. The highest BCUT2D eigenvalue weighted by Gasteiger charge is 2.61. The number of rotatable bonds is 4. The maximum Gasteiger partial charge on any atom is 0.242 e.